The lowest BCUT2D eigenvalue weighted by atomic mass is 10.0. The van der Waals surface area contributed by atoms with Gasteiger partial charge in [-0.3, -0.25) is 9.59 Å². The van der Waals surface area contributed by atoms with E-state index in [1.165, 1.54) is 5.01 Å². The average Bonchev–Trinajstić information content (AvgIpc) is 3.50. The maximum absolute atomic E-state index is 13.5. The van der Waals surface area contributed by atoms with Gasteiger partial charge in [0.1, 0.15) is 6.54 Å². The van der Waals surface area contributed by atoms with Gasteiger partial charge in [0, 0.05) is 26.0 Å². The van der Waals surface area contributed by atoms with Gasteiger partial charge >= 0.3 is 0 Å². The van der Waals surface area contributed by atoms with Gasteiger partial charge in [0.25, 0.3) is 5.91 Å². The van der Waals surface area contributed by atoms with E-state index in [0.29, 0.717) is 31.1 Å². The van der Waals surface area contributed by atoms with E-state index in [9.17, 15) is 9.59 Å². The quantitative estimate of drug-likeness (QED) is 0.527. The van der Waals surface area contributed by atoms with Gasteiger partial charge in [-0.2, -0.15) is 5.10 Å². The number of nitrogens with zero attached hydrogens (tertiary/aromatic N) is 3. The molecule has 0 N–H and O–H groups in total. The molecule has 3 rings (SSSR count). The first-order chi connectivity index (χ1) is 15.9. The minimum absolute atomic E-state index is 0.0641. The molecule has 0 saturated carbocycles. The zero-order chi connectivity index (χ0) is 24.0. The van der Waals surface area contributed by atoms with Crippen molar-refractivity contribution in [3.05, 3.63) is 46.2 Å². The van der Waals surface area contributed by atoms with Crippen LogP contribution in [0.5, 0.6) is 11.5 Å². The van der Waals surface area contributed by atoms with E-state index in [2.05, 4.69) is 0 Å². The average molecular weight is 474 g/mol. The number of carbonyl (C=O) groups excluding carboxylic acids is 2. The minimum atomic E-state index is -0.312. The summed E-state index contributed by atoms with van der Waals surface area (Å²) in [6.45, 7) is 4.28. The Morgan fingerprint density at radius 2 is 1.94 bits per heavy atom. The van der Waals surface area contributed by atoms with Crippen LogP contribution in [0.2, 0.25) is 0 Å². The molecule has 0 radical (unpaired) electrons. The van der Waals surface area contributed by atoms with Crippen LogP contribution >= 0.6 is 11.3 Å². The molecular weight excluding hydrogens is 442 g/mol. The van der Waals surface area contributed by atoms with Crippen LogP contribution in [0.4, 0.5) is 0 Å². The number of hydrazone groups is 1. The molecule has 8 nitrogen and oxygen atoms in total. The van der Waals surface area contributed by atoms with Crippen LogP contribution in [-0.4, -0.2) is 68.5 Å². The monoisotopic (exact) mass is 473 g/mol. The third kappa shape index (κ3) is 5.72. The van der Waals surface area contributed by atoms with Crippen LogP contribution in [0.1, 0.15) is 36.8 Å². The number of hydrogen-bond donors (Lipinski definition) is 0. The van der Waals surface area contributed by atoms with Gasteiger partial charge < -0.3 is 19.1 Å². The van der Waals surface area contributed by atoms with Crippen LogP contribution in [0, 0.1) is 5.92 Å². The highest BCUT2D eigenvalue weighted by atomic mass is 32.1. The number of rotatable bonds is 10. The number of amides is 2. The van der Waals surface area contributed by atoms with Crippen molar-refractivity contribution < 1.29 is 23.8 Å². The van der Waals surface area contributed by atoms with E-state index in [4.69, 9.17) is 19.3 Å². The lowest BCUT2D eigenvalue weighted by Crippen LogP contribution is -2.44. The van der Waals surface area contributed by atoms with Gasteiger partial charge in [-0.25, -0.2) is 5.01 Å². The highest BCUT2D eigenvalue weighted by Gasteiger charge is 2.35. The van der Waals surface area contributed by atoms with Crippen LogP contribution < -0.4 is 9.47 Å². The highest BCUT2D eigenvalue weighted by molar-refractivity contribution is 7.12. The normalized spacial score (nSPS) is 15.5. The molecule has 1 atom stereocenters. The standard InChI is InChI=1S/C24H31N3O5S/c1-16(2)24(29)26(10-11-30-3)15-23(28)27-19(14-18(25-27)22-7-6-12-33-22)17-8-9-20(31-4)21(13-17)32-5/h6-9,12-13,16,19H,10-11,14-15H2,1-5H3. The molecule has 1 aliphatic rings. The van der Waals surface area contributed by atoms with Gasteiger partial charge in [0.05, 0.1) is 37.5 Å². The van der Waals surface area contributed by atoms with E-state index in [1.54, 1.807) is 37.6 Å². The number of thiophene rings is 1. The second-order valence-electron chi connectivity index (χ2n) is 8.00. The molecular formula is C24H31N3O5S. The van der Waals surface area contributed by atoms with Crippen molar-refractivity contribution in [3.63, 3.8) is 0 Å². The van der Waals surface area contributed by atoms with E-state index >= 15 is 0 Å². The molecule has 0 fully saturated rings. The summed E-state index contributed by atoms with van der Waals surface area (Å²) in [5.41, 5.74) is 1.73. The Bertz CT molecular complexity index is 990. The number of hydrogen-bond acceptors (Lipinski definition) is 7. The van der Waals surface area contributed by atoms with Gasteiger partial charge in [-0.15, -0.1) is 11.3 Å². The minimum Gasteiger partial charge on any atom is -0.493 e. The van der Waals surface area contributed by atoms with Gasteiger partial charge in [-0.05, 0) is 29.1 Å². The summed E-state index contributed by atoms with van der Waals surface area (Å²) in [7, 11) is 4.74. The summed E-state index contributed by atoms with van der Waals surface area (Å²) in [5, 5.41) is 8.18. The van der Waals surface area contributed by atoms with Crippen molar-refractivity contribution in [2.24, 2.45) is 11.0 Å². The molecule has 0 saturated heterocycles. The van der Waals surface area contributed by atoms with Gasteiger partial charge in [0.2, 0.25) is 5.91 Å². The van der Waals surface area contributed by atoms with Crippen LogP contribution in [0.15, 0.2) is 40.8 Å². The van der Waals surface area contributed by atoms with Crippen molar-refractivity contribution in [2.45, 2.75) is 26.3 Å². The molecule has 2 heterocycles. The number of ether oxygens (including phenoxy) is 3. The molecule has 1 aromatic carbocycles. The van der Waals surface area contributed by atoms with E-state index in [-0.39, 0.29) is 30.3 Å². The predicted molar refractivity (Wildman–Crippen MR) is 128 cm³/mol. The van der Waals surface area contributed by atoms with Crippen LogP contribution in [0.25, 0.3) is 0 Å². The Morgan fingerprint density at radius 1 is 1.18 bits per heavy atom. The summed E-state index contributed by atoms with van der Waals surface area (Å²) >= 11 is 1.58. The molecule has 9 heteroatoms. The fourth-order valence-electron chi connectivity index (χ4n) is 3.72. The molecule has 0 bridgehead atoms. The summed E-state index contributed by atoms with van der Waals surface area (Å²) in [6, 6.07) is 9.27. The van der Waals surface area contributed by atoms with Gasteiger partial charge in [0.15, 0.2) is 11.5 Å². The van der Waals surface area contributed by atoms with Crippen LogP contribution in [0.3, 0.4) is 0 Å². The lowest BCUT2D eigenvalue weighted by molar-refractivity contribution is -0.143. The Kier molecular flexibility index (Phi) is 8.46. The zero-order valence-corrected chi connectivity index (χ0v) is 20.6. The molecule has 1 aliphatic heterocycles. The fourth-order valence-corrected chi connectivity index (χ4v) is 4.44. The summed E-state index contributed by atoms with van der Waals surface area (Å²) in [4.78, 5) is 28.7. The van der Waals surface area contributed by atoms with E-state index in [0.717, 1.165) is 16.2 Å². The van der Waals surface area contributed by atoms with E-state index in [1.807, 2.05) is 49.6 Å². The molecule has 0 aliphatic carbocycles. The molecule has 0 spiro atoms. The Labute approximate surface area is 198 Å². The van der Waals surface area contributed by atoms with Crippen molar-refractivity contribution >= 4 is 28.9 Å². The highest BCUT2D eigenvalue weighted by Crippen LogP contribution is 2.38. The number of carbonyl (C=O) groups is 2. The lowest BCUT2D eigenvalue weighted by Gasteiger charge is -2.28. The first-order valence-corrected chi connectivity index (χ1v) is 11.7. The SMILES string of the molecule is COCCN(CC(=O)N1N=C(c2cccs2)CC1c1ccc(OC)c(OC)c1)C(=O)C(C)C. The zero-order valence-electron chi connectivity index (χ0n) is 19.7. The third-order valence-electron chi connectivity index (χ3n) is 5.46. The van der Waals surface area contributed by atoms with Crippen LogP contribution in [-0.2, 0) is 14.3 Å². The number of benzene rings is 1. The predicted octanol–water partition coefficient (Wildman–Crippen LogP) is 3.57. The fraction of sp³-hybridized carbons (Fsp3) is 0.458. The molecule has 178 valence electrons. The molecule has 1 unspecified atom stereocenters. The maximum atomic E-state index is 13.5. The Balaban J connectivity index is 1.91. The largest absolute Gasteiger partial charge is 0.493 e. The van der Waals surface area contributed by atoms with E-state index < -0.39 is 0 Å². The maximum Gasteiger partial charge on any atom is 0.262 e. The summed E-state index contributed by atoms with van der Waals surface area (Å²) < 4.78 is 16.0. The molecule has 1 aromatic heterocycles. The summed E-state index contributed by atoms with van der Waals surface area (Å²) in [5.74, 6) is 0.643. The van der Waals surface area contributed by atoms with Gasteiger partial charge in [-0.1, -0.05) is 26.0 Å². The smallest absolute Gasteiger partial charge is 0.262 e. The Hall–Kier alpha value is -2.91. The van der Waals surface area contributed by atoms with Crippen molar-refractivity contribution in [1.29, 1.82) is 0 Å². The Morgan fingerprint density at radius 3 is 2.55 bits per heavy atom. The summed E-state index contributed by atoms with van der Waals surface area (Å²) in [6.07, 6.45) is 0.567. The van der Waals surface area contributed by atoms with Crippen molar-refractivity contribution in [1.82, 2.24) is 9.91 Å². The third-order valence-corrected chi connectivity index (χ3v) is 6.38. The molecule has 33 heavy (non-hydrogen) atoms. The first kappa shape index (κ1) is 24.7. The second kappa shape index (κ2) is 11.3. The number of methoxy groups -OCH3 is 3. The van der Waals surface area contributed by atoms with Crippen molar-refractivity contribution in [3.8, 4) is 11.5 Å². The first-order valence-electron chi connectivity index (χ1n) is 10.8. The topological polar surface area (TPSA) is 80.7 Å². The second-order valence-corrected chi connectivity index (χ2v) is 8.95. The van der Waals surface area contributed by atoms with Crippen molar-refractivity contribution in [2.75, 3.05) is 41.0 Å². The molecule has 2 aromatic rings. The molecule has 2 amide bonds.